The summed E-state index contributed by atoms with van der Waals surface area (Å²) in [5.74, 6) is -0.0777. The van der Waals surface area contributed by atoms with Crippen molar-refractivity contribution in [3.63, 3.8) is 0 Å². The number of aliphatic imine (C=N–C) groups is 1. The average molecular weight is 406 g/mol. The quantitative estimate of drug-likeness (QED) is 0.371. The Morgan fingerprint density at radius 2 is 2.00 bits per heavy atom. The maximum Gasteiger partial charge on any atom is 0.269 e. The Balaban J connectivity index is 1.75. The first-order chi connectivity index (χ1) is 14.0. The van der Waals surface area contributed by atoms with E-state index in [1.165, 1.54) is 17.8 Å². The molecule has 1 fully saturated rings. The largest absolute Gasteiger partial charge is 0.342 e. The Kier molecular flexibility index (Phi) is 4.94. The van der Waals surface area contributed by atoms with E-state index in [4.69, 9.17) is 0 Å². The van der Waals surface area contributed by atoms with Crippen LogP contribution in [0.15, 0.2) is 64.6 Å². The van der Waals surface area contributed by atoms with E-state index in [2.05, 4.69) is 4.99 Å². The lowest BCUT2D eigenvalue weighted by atomic mass is 10.1. The van der Waals surface area contributed by atoms with Gasteiger partial charge in [0.1, 0.15) is 0 Å². The van der Waals surface area contributed by atoms with Crippen molar-refractivity contribution in [2.45, 2.75) is 6.54 Å². The third-order valence-corrected chi connectivity index (χ3v) is 5.93. The van der Waals surface area contributed by atoms with Crippen molar-refractivity contribution in [1.82, 2.24) is 9.47 Å². The zero-order chi connectivity index (χ0) is 20.5. The minimum Gasteiger partial charge on any atom is -0.342 e. The second-order valence-corrected chi connectivity index (χ2v) is 7.65. The highest BCUT2D eigenvalue weighted by atomic mass is 32.2. The van der Waals surface area contributed by atoms with Gasteiger partial charge in [-0.25, -0.2) is 0 Å². The van der Waals surface area contributed by atoms with E-state index in [0.717, 1.165) is 22.0 Å². The monoisotopic (exact) mass is 406 g/mol. The summed E-state index contributed by atoms with van der Waals surface area (Å²) in [5, 5.41) is 12.8. The number of amides is 1. The van der Waals surface area contributed by atoms with Crippen molar-refractivity contribution in [3.8, 4) is 0 Å². The smallest absolute Gasteiger partial charge is 0.269 e. The highest BCUT2D eigenvalue weighted by Gasteiger charge is 2.30. The number of nitrogens with zero attached hydrogens (tertiary/aromatic N) is 4. The molecule has 1 aliphatic rings. The number of hydrogen-bond acceptors (Lipinski definition) is 5. The molecule has 29 heavy (non-hydrogen) atoms. The lowest BCUT2D eigenvalue weighted by Gasteiger charge is -2.05. The Hall–Kier alpha value is -3.39. The zero-order valence-electron chi connectivity index (χ0n) is 15.9. The number of fused-ring (bicyclic) bond motifs is 1. The molecule has 3 aromatic rings. The van der Waals surface area contributed by atoms with Gasteiger partial charge in [0.2, 0.25) is 0 Å². The van der Waals surface area contributed by atoms with Crippen molar-refractivity contribution < 1.29 is 9.72 Å². The van der Waals surface area contributed by atoms with Crippen LogP contribution in [0.4, 0.5) is 5.69 Å². The molecule has 0 bridgehead atoms. The molecule has 1 saturated heterocycles. The van der Waals surface area contributed by atoms with Crippen LogP contribution in [-0.2, 0) is 11.3 Å². The van der Waals surface area contributed by atoms with Crippen molar-refractivity contribution >= 4 is 45.5 Å². The molecular weight excluding hydrogens is 388 g/mol. The number of likely N-dealkylation sites (N-methyl/N-ethyl adjacent to an activating group) is 1. The standard InChI is InChI=1S/C21H18N4O3S/c1-22-21-23(2)20(26)19(29-21)11-15-13-24(18-9-4-3-8-17(15)18)12-14-6-5-7-16(10-14)25(27)28/h3-11,13H,12H2,1-2H3/b19-11+,22-21?. The number of nitro benzene ring substituents is 1. The molecule has 1 aliphatic heterocycles. The van der Waals surface area contributed by atoms with Crippen LogP contribution in [0.2, 0.25) is 0 Å². The Bertz CT molecular complexity index is 1200. The van der Waals surface area contributed by atoms with Gasteiger partial charge in [0, 0.05) is 55.4 Å². The Labute approximate surface area is 171 Å². The summed E-state index contributed by atoms with van der Waals surface area (Å²) >= 11 is 1.35. The van der Waals surface area contributed by atoms with Gasteiger partial charge in [-0.2, -0.15) is 0 Å². The second-order valence-electron chi connectivity index (χ2n) is 6.64. The molecule has 0 N–H and O–H groups in total. The summed E-state index contributed by atoms with van der Waals surface area (Å²) in [6, 6.07) is 14.6. The highest BCUT2D eigenvalue weighted by molar-refractivity contribution is 8.18. The van der Waals surface area contributed by atoms with Crippen LogP contribution in [0.5, 0.6) is 0 Å². The number of amidine groups is 1. The van der Waals surface area contributed by atoms with Gasteiger partial charge in [-0.3, -0.25) is 24.8 Å². The van der Waals surface area contributed by atoms with Gasteiger partial charge in [0.05, 0.1) is 9.83 Å². The minimum atomic E-state index is -0.389. The van der Waals surface area contributed by atoms with Crippen LogP contribution in [0, 0.1) is 10.1 Å². The summed E-state index contributed by atoms with van der Waals surface area (Å²) in [6.45, 7) is 0.494. The molecule has 8 heteroatoms. The SMILES string of the molecule is CN=C1S/C(=C/c2cn(Cc3cccc([N+](=O)[O-])c3)c3ccccc23)C(=O)N1C. The van der Waals surface area contributed by atoms with Gasteiger partial charge in [0.25, 0.3) is 11.6 Å². The molecule has 1 aromatic heterocycles. The molecule has 0 saturated carbocycles. The number of benzene rings is 2. The van der Waals surface area contributed by atoms with Crippen LogP contribution < -0.4 is 0 Å². The molecule has 4 rings (SSSR count). The number of rotatable bonds is 4. The second kappa shape index (κ2) is 7.56. The van der Waals surface area contributed by atoms with E-state index in [-0.39, 0.29) is 16.5 Å². The minimum absolute atomic E-state index is 0.0728. The normalized spacial score (nSPS) is 17.0. The number of nitro groups is 1. The molecule has 0 aliphatic carbocycles. The van der Waals surface area contributed by atoms with Crippen LogP contribution in [0.1, 0.15) is 11.1 Å². The lowest BCUT2D eigenvalue weighted by molar-refractivity contribution is -0.384. The zero-order valence-corrected chi connectivity index (χ0v) is 16.7. The van der Waals surface area contributed by atoms with Gasteiger partial charge in [-0.15, -0.1) is 0 Å². The fourth-order valence-corrected chi connectivity index (χ4v) is 4.29. The van der Waals surface area contributed by atoms with Crippen molar-refractivity contribution in [2.24, 2.45) is 4.99 Å². The van der Waals surface area contributed by atoms with Crippen LogP contribution in [0.25, 0.3) is 17.0 Å². The van der Waals surface area contributed by atoms with E-state index in [0.29, 0.717) is 16.6 Å². The molecule has 0 unspecified atom stereocenters. The maximum atomic E-state index is 12.5. The molecule has 0 radical (unpaired) electrons. The third kappa shape index (κ3) is 3.54. The highest BCUT2D eigenvalue weighted by Crippen LogP contribution is 2.33. The molecular formula is C21H18N4O3S. The molecule has 146 valence electrons. The number of non-ortho nitro benzene ring substituents is 1. The average Bonchev–Trinajstić information content (AvgIpc) is 3.20. The molecule has 2 aromatic carbocycles. The van der Waals surface area contributed by atoms with E-state index in [1.54, 1.807) is 31.1 Å². The maximum absolute atomic E-state index is 12.5. The molecule has 7 nitrogen and oxygen atoms in total. The molecule has 0 atom stereocenters. The summed E-state index contributed by atoms with van der Waals surface area (Å²) in [4.78, 5) is 29.5. The fourth-order valence-electron chi connectivity index (χ4n) is 3.38. The first kappa shape index (κ1) is 18.9. The Morgan fingerprint density at radius 1 is 1.21 bits per heavy atom. The molecule has 1 amide bonds. The first-order valence-electron chi connectivity index (χ1n) is 8.93. The van der Waals surface area contributed by atoms with Gasteiger partial charge >= 0.3 is 0 Å². The van der Waals surface area contributed by atoms with Crippen molar-refractivity contribution in [1.29, 1.82) is 0 Å². The van der Waals surface area contributed by atoms with Crippen LogP contribution >= 0.6 is 11.8 Å². The number of carbonyl (C=O) groups is 1. The molecule has 2 heterocycles. The van der Waals surface area contributed by atoms with E-state index in [1.807, 2.05) is 47.2 Å². The summed E-state index contributed by atoms with van der Waals surface area (Å²) in [5.41, 5.74) is 2.83. The number of carbonyl (C=O) groups excluding carboxylic acids is 1. The predicted molar refractivity (Wildman–Crippen MR) is 116 cm³/mol. The van der Waals surface area contributed by atoms with Crippen LogP contribution in [0.3, 0.4) is 0 Å². The topological polar surface area (TPSA) is 80.7 Å². The van der Waals surface area contributed by atoms with E-state index in [9.17, 15) is 14.9 Å². The third-order valence-electron chi connectivity index (χ3n) is 4.78. The lowest BCUT2D eigenvalue weighted by Crippen LogP contribution is -2.23. The number of hydrogen-bond donors (Lipinski definition) is 0. The van der Waals surface area contributed by atoms with Crippen LogP contribution in [-0.4, -0.2) is 39.6 Å². The predicted octanol–water partition coefficient (Wildman–Crippen LogP) is 4.13. The Morgan fingerprint density at radius 3 is 2.72 bits per heavy atom. The van der Waals surface area contributed by atoms with Gasteiger partial charge in [-0.1, -0.05) is 30.3 Å². The van der Waals surface area contributed by atoms with E-state index >= 15 is 0 Å². The summed E-state index contributed by atoms with van der Waals surface area (Å²) in [6.07, 6.45) is 3.86. The van der Waals surface area contributed by atoms with Crippen molar-refractivity contribution in [3.05, 3.63) is 80.9 Å². The molecule has 0 spiro atoms. The number of thioether (sulfide) groups is 1. The number of para-hydroxylation sites is 1. The van der Waals surface area contributed by atoms with E-state index < -0.39 is 0 Å². The first-order valence-corrected chi connectivity index (χ1v) is 9.75. The van der Waals surface area contributed by atoms with Gasteiger partial charge < -0.3 is 4.57 Å². The summed E-state index contributed by atoms with van der Waals surface area (Å²) in [7, 11) is 3.38. The van der Waals surface area contributed by atoms with Crippen molar-refractivity contribution in [2.75, 3.05) is 14.1 Å². The van der Waals surface area contributed by atoms with Gasteiger partial charge in [0.15, 0.2) is 5.17 Å². The fraction of sp³-hybridized carbons (Fsp3) is 0.143. The van der Waals surface area contributed by atoms with Gasteiger partial charge in [-0.05, 0) is 29.5 Å². The number of aromatic nitrogens is 1. The summed E-state index contributed by atoms with van der Waals surface area (Å²) < 4.78 is 2.05.